The van der Waals surface area contributed by atoms with Gasteiger partial charge in [0.2, 0.25) is 10.0 Å². The van der Waals surface area contributed by atoms with E-state index < -0.39 is 10.0 Å². The predicted molar refractivity (Wildman–Crippen MR) is 78.8 cm³/mol. The van der Waals surface area contributed by atoms with Crippen LogP contribution < -0.4 is 15.4 Å². The summed E-state index contributed by atoms with van der Waals surface area (Å²) in [6.07, 6.45) is 1.56. The van der Waals surface area contributed by atoms with Crippen molar-refractivity contribution in [2.45, 2.75) is 19.4 Å². The van der Waals surface area contributed by atoms with Crippen LogP contribution in [0.15, 0.2) is 24.3 Å². The minimum absolute atomic E-state index is 0.262. The minimum atomic E-state index is -3.20. The molecule has 0 heterocycles. The Morgan fingerprint density at radius 2 is 2.05 bits per heavy atom. The number of sulfonamides is 1. The topological polar surface area (TPSA) is 87.3 Å². The van der Waals surface area contributed by atoms with Gasteiger partial charge >= 0.3 is 6.03 Å². The van der Waals surface area contributed by atoms with Crippen LogP contribution in [0, 0.1) is 5.82 Å². The largest absolute Gasteiger partial charge is 0.338 e. The number of hydrogen-bond donors (Lipinski definition) is 3. The molecule has 1 rings (SSSR count). The zero-order valence-electron chi connectivity index (χ0n) is 12.0. The molecule has 0 saturated carbocycles. The zero-order valence-corrected chi connectivity index (χ0v) is 12.8. The maximum absolute atomic E-state index is 13.1. The highest BCUT2D eigenvalue weighted by molar-refractivity contribution is 7.88. The SMILES string of the molecule is C[C@H](NC(=O)NCCCNS(C)(=O)=O)c1cccc(F)c1. The third-order valence-electron chi connectivity index (χ3n) is 2.70. The van der Waals surface area contributed by atoms with Crippen LogP contribution in [0.1, 0.15) is 24.9 Å². The van der Waals surface area contributed by atoms with Crippen LogP contribution in [-0.2, 0) is 10.0 Å². The van der Waals surface area contributed by atoms with E-state index in [1.54, 1.807) is 19.1 Å². The second kappa shape index (κ2) is 7.94. The van der Waals surface area contributed by atoms with Crippen molar-refractivity contribution in [3.8, 4) is 0 Å². The summed E-state index contributed by atoms with van der Waals surface area (Å²) in [5.41, 5.74) is 0.670. The smallest absolute Gasteiger partial charge is 0.315 e. The first-order valence-electron chi connectivity index (χ1n) is 6.52. The highest BCUT2D eigenvalue weighted by Gasteiger charge is 2.09. The Bertz CT molecular complexity index is 578. The van der Waals surface area contributed by atoms with Crippen molar-refractivity contribution < 1.29 is 17.6 Å². The molecule has 0 aliphatic carbocycles. The molecule has 0 aromatic heterocycles. The summed E-state index contributed by atoms with van der Waals surface area (Å²) < 4.78 is 37.0. The fraction of sp³-hybridized carbons (Fsp3) is 0.462. The van der Waals surface area contributed by atoms with E-state index in [0.717, 1.165) is 6.26 Å². The zero-order chi connectivity index (χ0) is 15.9. The number of benzene rings is 1. The van der Waals surface area contributed by atoms with Crippen molar-refractivity contribution >= 4 is 16.1 Å². The Balaban J connectivity index is 2.27. The van der Waals surface area contributed by atoms with E-state index in [2.05, 4.69) is 15.4 Å². The van der Waals surface area contributed by atoms with Crippen molar-refractivity contribution in [3.63, 3.8) is 0 Å². The van der Waals surface area contributed by atoms with Gasteiger partial charge in [-0.3, -0.25) is 0 Å². The maximum atomic E-state index is 13.1. The first-order chi connectivity index (χ1) is 9.78. The molecule has 0 fully saturated rings. The number of urea groups is 1. The van der Waals surface area contributed by atoms with Crippen molar-refractivity contribution in [2.75, 3.05) is 19.3 Å². The Morgan fingerprint density at radius 1 is 1.33 bits per heavy atom. The molecular formula is C13H20FN3O3S. The molecule has 0 spiro atoms. The number of carbonyl (C=O) groups excluding carboxylic acids is 1. The van der Waals surface area contributed by atoms with Gasteiger partial charge in [-0.2, -0.15) is 0 Å². The Hall–Kier alpha value is -1.67. The van der Waals surface area contributed by atoms with E-state index in [9.17, 15) is 17.6 Å². The Labute approximate surface area is 124 Å². The lowest BCUT2D eigenvalue weighted by molar-refractivity contribution is 0.238. The molecule has 1 aromatic carbocycles. The molecule has 1 atom stereocenters. The van der Waals surface area contributed by atoms with Crippen LogP contribution >= 0.6 is 0 Å². The molecule has 2 amide bonds. The second-order valence-corrected chi connectivity index (χ2v) is 6.53. The molecule has 3 N–H and O–H groups in total. The lowest BCUT2D eigenvalue weighted by atomic mass is 10.1. The summed E-state index contributed by atoms with van der Waals surface area (Å²) >= 11 is 0. The van der Waals surface area contributed by atoms with E-state index in [-0.39, 0.29) is 24.4 Å². The van der Waals surface area contributed by atoms with E-state index in [0.29, 0.717) is 18.5 Å². The quantitative estimate of drug-likeness (QED) is 0.659. The monoisotopic (exact) mass is 317 g/mol. The Morgan fingerprint density at radius 3 is 2.67 bits per heavy atom. The third-order valence-corrected chi connectivity index (χ3v) is 3.43. The van der Waals surface area contributed by atoms with E-state index in [4.69, 9.17) is 0 Å². The summed E-state index contributed by atoms with van der Waals surface area (Å²) in [7, 11) is -3.20. The normalized spacial score (nSPS) is 12.7. The number of rotatable bonds is 7. The fourth-order valence-corrected chi connectivity index (χ4v) is 2.17. The van der Waals surface area contributed by atoms with Crippen LogP contribution in [0.3, 0.4) is 0 Å². The van der Waals surface area contributed by atoms with Gasteiger partial charge in [-0.1, -0.05) is 12.1 Å². The molecular weight excluding hydrogens is 297 g/mol. The van der Waals surface area contributed by atoms with Gasteiger partial charge in [0.1, 0.15) is 5.82 Å². The van der Waals surface area contributed by atoms with Crippen LogP contribution in [0.4, 0.5) is 9.18 Å². The van der Waals surface area contributed by atoms with Crippen molar-refractivity contribution in [1.82, 2.24) is 15.4 Å². The average Bonchev–Trinajstić information content (AvgIpc) is 2.36. The molecule has 1 aromatic rings. The lowest BCUT2D eigenvalue weighted by Crippen LogP contribution is -2.38. The minimum Gasteiger partial charge on any atom is -0.338 e. The van der Waals surface area contributed by atoms with Crippen LogP contribution in [0.5, 0.6) is 0 Å². The van der Waals surface area contributed by atoms with Gasteiger partial charge in [0.25, 0.3) is 0 Å². The number of amides is 2. The van der Waals surface area contributed by atoms with Crippen molar-refractivity contribution in [1.29, 1.82) is 0 Å². The van der Waals surface area contributed by atoms with Gasteiger partial charge < -0.3 is 10.6 Å². The lowest BCUT2D eigenvalue weighted by Gasteiger charge is -2.15. The Kier molecular flexibility index (Phi) is 6.57. The molecule has 0 aliphatic heterocycles. The van der Waals surface area contributed by atoms with Crippen LogP contribution in [0.2, 0.25) is 0 Å². The van der Waals surface area contributed by atoms with Crippen LogP contribution in [0.25, 0.3) is 0 Å². The predicted octanol–water partition coefficient (Wildman–Crippen LogP) is 1.13. The number of halogens is 1. The maximum Gasteiger partial charge on any atom is 0.315 e. The van der Waals surface area contributed by atoms with Gasteiger partial charge in [-0.25, -0.2) is 22.3 Å². The van der Waals surface area contributed by atoms with E-state index >= 15 is 0 Å². The highest BCUT2D eigenvalue weighted by atomic mass is 32.2. The molecule has 118 valence electrons. The standard InChI is InChI=1S/C13H20FN3O3S/c1-10(11-5-3-6-12(14)9-11)17-13(18)15-7-4-8-16-21(2,19)20/h3,5-6,9-10,16H,4,7-8H2,1-2H3,(H2,15,17,18)/t10-/m0/s1. The van der Waals surface area contributed by atoms with E-state index in [1.165, 1.54) is 12.1 Å². The van der Waals surface area contributed by atoms with Gasteiger partial charge in [0.15, 0.2) is 0 Å². The summed E-state index contributed by atoms with van der Waals surface area (Å²) in [6, 6.07) is 5.30. The van der Waals surface area contributed by atoms with Crippen molar-refractivity contribution in [2.24, 2.45) is 0 Å². The summed E-state index contributed by atoms with van der Waals surface area (Å²) in [6.45, 7) is 2.35. The second-order valence-electron chi connectivity index (χ2n) is 4.70. The molecule has 0 bridgehead atoms. The van der Waals surface area contributed by atoms with Gasteiger partial charge in [-0.15, -0.1) is 0 Å². The highest BCUT2D eigenvalue weighted by Crippen LogP contribution is 2.12. The van der Waals surface area contributed by atoms with Gasteiger partial charge in [0.05, 0.1) is 12.3 Å². The molecule has 21 heavy (non-hydrogen) atoms. The number of nitrogens with one attached hydrogen (secondary N) is 3. The number of carbonyl (C=O) groups is 1. The van der Waals surface area contributed by atoms with Gasteiger partial charge in [-0.05, 0) is 31.0 Å². The first kappa shape index (κ1) is 17.4. The fourth-order valence-electron chi connectivity index (χ4n) is 1.65. The molecule has 0 aliphatic rings. The van der Waals surface area contributed by atoms with E-state index in [1.807, 2.05) is 0 Å². The third kappa shape index (κ3) is 7.62. The molecule has 8 heteroatoms. The molecule has 0 unspecified atom stereocenters. The summed E-state index contributed by atoms with van der Waals surface area (Å²) in [4.78, 5) is 11.6. The molecule has 6 nitrogen and oxygen atoms in total. The molecule has 0 radical (unpaired) electrons. The van der Waals surface area contributed by atoms with Gasteiger partial charge in [0, 0.05) is 13.1 Å². The summed E-state index contributed by atoms with van der Waals surface area (Å²) in [5.74, 6) is -0.353. The van der Waals surface area contributed by atoms with Crippen molar-refractivity contribution in [3.05, 3.63) is 35.6 Å². The number of hydrogen-bond acceptors (Lipinski definition) is 3. The average molecular weight is 317 g/mol. The van der Waals surface area contributed by atoms with Crippen LogP contribution in [-0.4, -0.2) is 33.8 Å². The molecule has 0 saturated heterocycles. The first-order valence-corrected chi connectivity index (χ1v) is 8.41. The summed E-state index contributed by atoms with van der Waals surface area (Å²) in [5, 5.41) is 5.28.